The number of hydrogen-bond acceptors (Lipinski definition) is 7. The molecule has 1 aromatic heterocycles. The van der Waals surface area contributed by atoms with Crippen LogP contribution in [0.1, 0.15) is 63.0 Å². The molecular weight excluding hydrogens is 474 g/mol. The van der Waals surface area contributed by atoms with Crippen LogP contribution in [0.2, 0.25) is 0 Å². The number of amides is 1. The fourth-order valence-corrected chi connectivity index (χ4v) is 6.34. The highest BCUT2D eigenvalue weighted by molar-refractivity contribution is 7.92. The van der Waals surface area contributed by atoms with Crippen LogP contribution in [0.15, 0.2) is 41.4 Å². The summed E-state index contributed by atoms with van der Waals surface area (Å²) in [5.41, 5.74) is 0.500. The molecule has 2 fully saturated rings. The molecule has 0 bridgehead atoms. The second kappa shape index (κ2) is 10.7. The van der Waals surface area contributed by atoms with Crippen molar-refractivity contribution in [1.82, 2.24) is 9.78 Å². The number of benzene rings is 1. The molecule has 1 aromatic carbocycles. The highest BCUT2D eigenvalue weighted by Gasteiger charge is 2.35. The molecule has 2 aliphatic carbocycles. The number of ether oxygens (including phenoxy) is 1. The second-order valence-corrected chi connectivity index (χ2v) is 11.3. The van der Waals surface area contributed by atoms with Gasteiger partial charge in [0.15, 0.2) is 21.8 Å². The van der Waals surface area contributed by atoms with Crippen molar-refractivity contribution in [2.75, 3.05) is 5.32 Å². The van der Waals surface area contributed by atoms with Crippen LogP contribution < -0.4 is 5.32 Å². The number of carbonyl (C=O) groups is 3. The quantitative estimate of drug-likeness (QED) is 0.531. The number of nitrogens with one attached hydrogen (secondary N) is 1. The number of ketones is 1. The van der Waals surface area contributed by atoms with E-state index < -0.39 is 33.1 Å². The molecule has 1 heterocycles. The van der Waals surface area contributed by atoms with Gasteiger partial charge >= 0.3 is 5.97 Å². The van der Waals surface area contributed by atoms with Crippen molar-refractivity contribution in [3.05, 3.63) is 42.1 Å². The fraction of sp³-hybridized carbons (Fsp3) is 0.500. The lowest BCUT2D eigenvalue weighted by Gasteiger charge is -2.27. The van der Waals surface area contributed by atoms with Gasteiger partial charge in [-0.25, -0.2) is 8.42 Å². The number of carboxylic acid groups (broad SMARTS) is 1. The van der Waals surface area contributed by atoms with E-state index in [0.717, 1.165) is 32.1 Å². The number of aliphatic carboxylic acids is 1. The molecule has 2 saturated carbocycles. The number of hydrogen-bond donors (Lipinski definition) is 2. The Kier molecular flexibility index (Phi) is 7.66. The van der Waals surface area contributed by atoms with Crippen LogP contribution in [0.3, 0.4) is 0 Å². The van der Waals surface area contributed by atoms with E-state index in [4.69, 9.17) is 9.84 Å². The minimum absolute atomic E-state index is 0.0361. The van der Waals surface area contributed by atoms with E-state index in [1.165, 1.54) is 29.1 Å². The summed E-state index contributed by atoms with van der Waals surface area (Å²) < 4.78 is 33.2. The fourth-order valence-electron chi connectivity index (χ4n) is 4.60. The van der Waals surface area contributed by atoms with Gasteiger partial charge in [0.25, 0.3) is 5.91 Å². The third kappa shape index (κ3) is 6.15. The van der Waals surface area contributed by atoms with Gasteiger partial charge in [-0.15, -0.1) is 0 Å². The number of sulfone groups is 1. The average Bonchev–Trinajstić information content (AvgIpc) is 3.47. The number of carbonyl (C=O) groups excluding carboxylic acids is 2. The monoisotopic (exact) mass is 503 g/mol. The summed E-state index contributed by atoms with van der Waals surface area (Å²) in [6.45, 7) is -0.333. The Bertz CT molecular complexity index is 1180. The Hall–Kier alpha value is -3.05. The van der Waals surface area contributed by atoms with Gasteiger partial charge in [0, 0.05) is 25.1 Å². The van der Waals surface area contributed by atoms with Crippen molar-refractivity contribution in [3.63, 3.8) is 0 Å². The lowest BCUT2D eigenvalue weighted by molar-refractivity contribution is -0.138. The molecule has 35 heavy (non-hydrogen) atoms. The van der Waals surface area contributed by atoms with Gasteiger partial charge < -0.3 is 15.2 Å². The molecule has 4 rings (SSSR count). The number of aromatic nitrogens is 2. The first-order valence-corrected chi connectivity index (χ1v) is 13.3. The zero-order chi connectivity index (χ0) is 25.0. The molecule has 2 aromatic rings. The maximum Gasteiger partial charge on any atom is 0.325 e. The maximum absolute atomic E-state index is 13.2. The van der Waals surface area contributed by atoms with E-state index >= 15 is 0 Å². The van der Waals surface area contributed by atoms with E-state index in [1.807, 2.05) is 0 Å². The van der Waals surface area contributed by atoms with E-state index in [-0.39, 0.29) is 42.0 Å². The second-order valence-electron chi connectivity index (χ2n) is 9.08. The summed E-state index contributed by atoms with van der Waals surface area (Å²) >= 11 is 0. The molecule has 2 N–H and O–H groups in total. The number of nitrogens with zero attached hydrogens (tertiary/aromatic N) is 2. The summed E-state index contributed by atoms with van der Waals surface area (Å²) in [4.78, 5) is 35.8. The van der Waals surface area contributed by atoms with Crippen molar-refractivity contribution in [2.45, 2.75) is 80.3 Å². The molecular formula is C24H29N3O7S. The first-order chi connectivity index (χ1) is 16.7. The largest absolute Gasteiger partial charge is 0.480 e. The summed E-state index contributed by atoms with van der Waals surface area (Å²) in [5.74, 6) is -1.38. The van der Waals surface area contributed by atoms with E-state index in [1.54, 1.807) is 12.1 Å². The Morgan fingerprint density at radius 2 is 1.83 bits per heavy atom. The van der Waals surface area contributed by atoms with E-state index in [2.05, 4.69) is 10.4 Å². The molecule has 0 saturated heterocycles. The van der Waals surface area contributed by atoms with Crippen molar-refractivity contribution >= 4 is 33.3 Å². The smallest absolute Gasteiger partial charge is 0.325 e. The lowest BCUT2D eigenvalue weighted by Crippen LogP contribution is -2.29. The molecule has 188 valence electrons. The summed E-state index contributed by atoms with van der Waals surface area (Å²) in [6, 6.07) is 7.55. The van der Waals surface area contributed by atoms with Gasteiger partial charge in [-0.05, 0) is 37.0 Å². The summed E-state index contributed by atoms with van der Waals surface area (Å²) in [5, 5.41) is 14.9. The highest BCUT2D eigenvalue weighted by Crippen LogP contribution is 2.31. The van der Waals surface area contributed by atoms with Crippen LogP contribution in [0, 0.1) is 0 Å². The molecule has 11 heteroatoms. The van der Waals surface area contributed by atoms with E-state index in [9.17, 15) is 22.8 Å². The van der Waals surface area contributed by atoms with Gasteiger partial charge in [-0.3, -0.25) is 19.1 Å². The van der Waals surface area contributed by atoms with Crippen molar-refractivity contribution in [3.8, 4) is 0 Å². The van der Waals surface area contributed by atoms with Crippen molar-refractivity contribution < 1.29 is 32.6 Å². The van der Waals surface area contributed by atoms with Gasteiger partial charge in [-0.2, -0.15) is 5.10 Å². The van der Waals surface area contributed by atoms with Crippen LogP contribution in [0.4, 0.5) is 5.82 Å². The predicted molar refractivity (Wildman–Crippen MR) is 125 cm³/mol. The topological polar surface area (TPSA) is 145 Å². The molecule has 2 unspecified atom stereocenters. The SMILES string of the molecule is O=C(O)Cn1ccc(NC(=O)C(OC2CCCCC2)c2ccc(S(=O)(=O)C3CCC(=O)C3)cc2)n1. The third-order valence-corrected chi connectivity index (χ3v) is 8.67. The standard InChI is InChI=1S/C24H29N3O7S/c28-17-8-11-20(14-17)35(32,33)19-9-6-16(7-10-19)23(34-18-4-2-1-3-5-18)24(31)25-21-12-13-27(26-21)15-22(29)30/h6-7,9-10,12-13,18,20,23H,1-5,8,11,14-15H2,(H,29,30)(H,25,26,31). The van der Waals surface area contributed by atoms with Crippen LogP contribution in [0.25, 0.3) is 0 Å². The zero-order valence-corrected chi connectivity index (χ0v) is 20.1. The average molecular weight is 504 g/mol. The number of Topliss-reactive ketones (excluding diaryl/α,β-unsaturated/α-hetero) is 1. The van der Waals surface area contributed by atoms with Crippen LogP contribution >= 0.6 is 0 Å². The number of carboxylic acids is 1. The van der Waals surface area contributed by atoms with Crippen molar-refractivity contribution in [1.29, 1.82) is 0 Å². The first kappa shape index (κ1) is 25.1. The molecule has 10 nitrogen and oxygen atoms in total. The van der Waals surface area contributed by atoms with Gasteiger partial charge in [0.2, 0.25) is 0 Å². The molecule has 0 aliphatic heterocycles. The Morgan fingerprint density at radius 1 is 1.11 bits per heavy atom. The predicted octanol–water partition coefficient (Wildman–Crippen LogP) is 2.89. The molecule has 1 amide bonds. The number of anilines is 1. The Morgan fingerprint density at radius 3 is 2.46 bits per heavy atom. The maximum atomic E-state index is 13.2. The number of rotatable bonds is 9. The highest BCUT2D eigenvalue weighted by atomic mass is 32.2. The van der Waals surface area contributed by atoms with Crippen molar-refractivity contribution in [2.24, 2.45) is 0 Å². The lowest BCUT2D eigenvalue weighted by atomic mass is 9.97. The minimum atomic E-state index is -3.64. The van der Waals surface area contributed by atoms with Gasteiger partial charge in [0.1, 0.15) is 12.3 Å². The van der Waals surface area contributed by atoms with Crippen LogP contribution in [-0.4, -0.2) is 52.3 Å². The first-order valence-electron chi connectivity index (χ1n) is 11.8. The third-order valence-electron chi connectivity index (χ3n) is 6.46. The molecule has 0 spiro atoms. The molecule has 2 aliphatic rings. The summed E-state index contributed by atoms with van der Waals surface area (Å²) in [6.07, 6.45) is 5.81. The van der Waals surface area contributed by atoms with Gasteiger partial charge in [0.05, 0.1) is 16.2 Å². The normalized spacial score (nSPS) is 20.0. The Balaban J connectivity index is 1.53. The molecule has 2 atom stereocenters. The summed E-state index contributed by atoms with van der Waals surface area (Å²) in [7, 11) is -3.64. The van der Waals surface area contributed by atoms with Crippen LogP contribution in [0.5, 0.6) is 0 Å². The Labute approximate surface area is 203 Å². The zero-order valence-electron chi connectivity index (χ0n) is 19.3. The minimum Gasteiger partial charge on any atom is -0.480 e. The van der Waals surface area contributed by atoms with Crippen LogP contribution in [-0.2, 0) is 35.5 Å². The van der Waals surface area contributed by atoms with E-state index in [0.29, 0.717) is 12.0 Å². The molecule has 0 radical (unpaired) electrons. The van der Waals surface area contributed by atoms with Gasteiger partial charge in [-0.1, -0.05) is 31.4 Å².